The summed E-state index contributed by atoms with van der Waals surface area (Å²) >= 11 is 0. The van der Waals surface area contributed by atoms with Gasteiger partial charge in [-0.15, -0.1) is 0 Å². The summed E-state index contributed by atoms with van der Waals surface area (Å²) < 4.78 is 16.7. The van der Waals surface area contributed by atoms with Crippen LogP contribution < -0.4 is 15.0 Å². The Morgan fingerprint density at radius 2 is 1.78 bits per heavy atom. The monoisotopic (exact) mass is 492 g/mol. The molecule has 0 aliphatic carbocycles. The molecule has 1 saturated heterocycles. The Bertz CT molecular complexity index is 1100. The van der Waals surface area contributed by atoms with Gasteiger partial charge in [0.25, 0.3) is 5.91 Å². The van der Waals surface area contributed by atoms with Gasteiger partial charge in [0.15, 0.2) is 11.5 Å². The molecule has 0 unspecified atom stereocenters. The second kappa shape index (κ2) is 12.1. The van der Waals surface area contributed by atoms with Crippen molar-refractivity contribution in [2.24, 2.45) is 5.92 Å². The second-order valence-corrected chi connectivity index (χ2v) is 9.67. The van der Waals surface area contributed by atoms with Gasteiger partial charge in [-0.1, -0.05) is 31.1 Å². The predicted molar refractivity (Wildman–Crippen MR) is 141 cm³/mol. The quantitative estimate of drug-likeness (QED) is 0.453. The van der Waals surface area contributed by atoms with Crippen LogP contribution in [0, 0.1) is 5.92 Å². The Balaban J connectivity index is 1.41. The van der Waals surface area contributed by atoms with Crippen molar-refractivity contribution in [2.75, 3.05) is 58.5 Å². The van der Waals surface area contributed by atoms with E-state index in [2.05, 4.69) is 58.4 Å². The molecule has 1 fully saturated rings. The SMILES string of the molecule is CC(C)COc1ccc(-c2cc(C(=O)NC[C@H](c3ccc(N(C)C)cc3)N3CCOCC3)no2)cc1. The van der Waals surface area contributed by atoms with E-state index in [9.17, 15) is 4.79 Å². The van der Waals surface area contributed by atoms with Gasteiger partial charge >= 0.3 is 0 Å². The van der Waals surface area contributed by atoms with Gasteiger partial charge in [0.1, 0.15) is 5.75 Å². The molecule has 192 valence electrons. The fourth-order valence-electron chi connectivity index (χ4n) is 4.12. The van der Waals surface area contributed by atoms with Crippen LogP contribution in [0.5, 0.6) is 5.75 Å². The van der Waals surface area contributed by atoms with Crippen molar-refractivity contribution in [2.45, 2.75) is 19.9 Å². The van der Waals surface area contributed by atoms with Crippen LogP contribution in [0.1, 0.15) is 35.9 Å². The summed E-state index contributed by atoms with van der Waals surface area (Å²) in [4.78, 5) is 17.4. The number of rotatable bonds is 10. The van der Waals surface area contributed by atoms with Crippen LogP contribution in [0.3, 0.4) is 0 Å². The summed E-state index contributed by atoms with van der Waals surface area (Å²) in [5, 5.41) is 7.07. The highest BCUT2D eigenvalue weighted by Gasteiger charge is 2.24. The van der Waals surface area contributed by atoms with Gasteiger partial charge in [0.05, 0.1) is 25.9 Å². The van der Waals surface area contributed by atoms with Crippen LogP contribution in [0.15, 0.2) is 59.1 Å². The largest absolute Gasteiger partial charge is 0.493 e. The van der Waals surface area contributed by atoms with E-state index in [4.69, 9.17) is 14.0 Å². The summed E-state index contributed by atoms with van der Waals surface area (Å²) in [6.07, 6.45) is 0. The Morgan fingerprint density at radius 1 is 1.08 bits per heavy atom. The number of nitrogens with one attached hydrogen (secondary N) is 1. The molecule has 8 nitrogen and oxygen atoms in total. The molecular formula is C28H36N4O4. The van der Waals surface area contributed by atoms with Gasteiger partial charge < -0.3 is 24.2 Å². The van der Waals surface area contributed by atoms with Crippen molar-refractivity contribution in [3.63, 3.8) is 0 Å². The minimum atomic E-state index is -0.259. The van der Waals surface area contributed by atoms with E-state index in [0.717, 1.165) is 35.7 Å². The third kappa shape index (κ3) is 6.65. The molecule has 4 rings (SSSR count). The van der Waals surface area contributed by atoms with Gasteiger partial charge in [0.2, 0.25) is 0 Å². The van der Waals surface area contributed by atoms with Crippen molar-refractivity contribution in [1.29, 1.82) is 0 Å². The molecule has 0 bridgehead atoms. The van der Waals surface area contributed by atoms with E-state index in [1.165, 1.54) is 0 Å². The summed E-state index contributed by atoms with van der Waals surface area (Å²) in [5.41, 5.74) is 3.39. The lowest BCUT2D eigenvalue weighted by Gasteiger charge is -2.35. The number of hydrogen-bond donors (Lipinski definition) is 1. The highest BCUT2D eigenvalue weighted by molar-refractivity contribution is 5.93. The van der Waals surface area contributed by atoms with Gasteiger partial charge in [0, 0.05) is 51.0 Å². The molecular weight excluding hydrogens is 456 g/mol. The Hall–Kier alpha value is -3.36. The van der Waals surface area contributed by atoms with E-state index >= 15 is 0 Å². The first-order valence-electron chi connectivity index (χ1n) is 12.5. The van der Waals surface area contributed by atoms with Crippen molar-refractivity contribution in [1.82, 2.24) is 15.4 Å². The Labute approximate surface area is 213 Å². The third-order valence-corrected chi connectivity index (χ3v) is 6.20. The number of aromatic nitrogens is 1. The molecule has 1 aliphatic rings. The minimum Gasteiger partial charge on any atom is -0.493 e. The molecule has 1 atom stereocenters. The molecule has 8 heteroatoms. The number of amides is 1. The highest BCUT2D eigenvalue weighted by Crippen LogP contribution is 2.25. The molecule has 2 heterocycles. The third-order valence-electron chi connectivity index (χ3n) is 6.20. The Kier molecular flexibility index (Phi) is 8.61. The highest BCUT2D eigenvalue weighted by atomic mass is 16.5. The lowest BCUT2D eigenvalue weighted by atomic mass is 10.0. The van der Waals surface area contributed by atoms with Crippen LogP contribution in [0.2, 0.25) is 0 Å². The number of nitrogens with zero attached hydrogens (tertiary/aromatic N) is 3. The average Bonchev–Trinajstić information content (AvgIpc) is 3.39. The molecule has 1 aliphatic heterocycles. The van der Waals surface area contributed by atoms with Gasteiger partial charge in [-0.3, -0.25) is 9.69 Å². The van der Waals surface area contributed by atoms with Crippen LogP contribution in [0.25, 0.3) is 11.3 Å². The maximum Gasteiger partial charge on any atom is 0.273 e. The first-order chi connectivity index (χ1) is 17.4. The Morgan fingerprint density at radius 3 is 2.42 bits per heavy atom. The smallest absolute Gasteiger partial charge is 0.273 e. The summed E-state index contributed by atoms with van der Waals surface area (Å²) in [7, 11) is 4.05. The van der Waals surface area contributed by atoms with Crippen LogP contribution in [-0.4, -0.2) is 69.5 Å². The van der Waals surface area contributed by atoms with E-state index < -0.39 is 0 Å². The standard InChI is InChI=1S/C28H36N4O4/c1-20(2)19-35-24-11-7-22(8-12-24)27-17-25(30-36-27)28(33)29-18-26(32-13-15-34-16-14-32)21-5-9-23(10-6-21)31(3)4/h5-12,17,20,26H,13-16,18-19H2,1-4H3,(H,29,33)/t26-/m1/s1. The van der Waals surface area contributed by atoms with Gasteiger partial charge in [-0.25, -0.2) is 0 Å². The van der Waals surface area contributed by atoms with E-state index in [1.54, 1.807) is 6.07 Å². The van der Waals surface area contributed by atoms with Crippen LogP contribution in [0.4, 0.5) is 5.69 Å². The minimum absolute atomic E-state index is 0.0406. The molecule has 0 saturated carbocycles. The molecule has 1 aromatic heterocycles. The van der Waals surface area contributed by atoms with Crippen LogP contribution >= 0.6 is 0 Å². The molecule has 0 radical (unpaired) electrons. The summed E-state index contributed by atoms with van der Waals surface area (Å²) in [6, 6.07) is 17.8. The number of hydrogen-bond acceptors (Lipinski definition) is 7. The predicted octanol–water partition coefficient (Wildman–Crippen LogP) is 4.25. The van der Waals surface area contributed by atoms with Crippen LogP contribution in [-0.2, 0) is 4.74 Å². The zero-order valence-corrected chi connectivity index (χ0v) is 21.6. The fraction of sp³-hybridized carbons (Fsp3) is 0.429. The topological polar surface area (TPSA) is 80.1 Å². The van der Waals surface area contributed by atoms with Crippen molar-refractivity contribution in [3.8, 4) is 17.1 Å². The van der Waals surface area contributed by atoms with Crippen molar-refractivity contribution < 1.29 is 18.8 Å². The van der Waals surface area contributed by atoms with E-state index in [0.29, 0.717) is 38.0 Å². The fourth-order valence-corrected chi connectivity index (χ4v) is 4.12. The van der Waals surface area contributed by atoms with Gasteiger partial charge in [-0.05, 0) is 47.9 Å². The van der Waals surface area contributed by atoms with E-state index in [1.807, 2.05) is 38.4 Å². The molecule has 36 heavy (non-hydrogen) atoms. The number of anilines is 1. The molecule has 0 spiro atoms. The average molecular weight is 493 g/mol. The summed E-state index contributed by atoms with van der Waals surface area (Å²) in [6.45, 7) is 8.37. The number of benzene rings is 2. The van der Waals surface area contributed by atoms with Gasteiger partial charge in [-0.2, -0.15) is 0 Å². The normalized spacial score (nSPS) is 15.0. The molecule has 3 aromatic rings. The van der Waals surface area contributed by atoms with Crippen molar-refractivity contribution in [3.05, 3.63) is 65.9 Å². The maximum atomic E-state index is 13.0. The maximum absolute atomic E-state index is 13.0. The summed E-state index contributed by atoms with van der Waals surface area (Å²) in [5.74, 6) is 1.54. The molecule has 1 N–H and O–H groups in total. The first-order valence-corrected chi connectivity index (χ1v) is 12.5. The number of morpholine rings is 1. The lowest BCUT2D eigenvalue weighted by Crippen LogP contribution is -2.43. The molecule has 2 aromatic carbocycles. The zero-order chi connectivity index (χ0) is 25.5. The number of carbonyl (C=O) groups is 1. The lowest BCUT2D eigenvalue weighted by molar-refractivity contribution is 0.0162. The molecule has 1 amide bonds. The number of carbonyl (C=O) groups excluding carboxylic acids is 1. The second-order valence-electron chi connectivity index (χ2n) is 9.67. The van der Waals surface area contributed by atoms with Crippen molar-refractivity contribution >= 4 is 11.6 Å². The number of ether oxygens (including phenoxy) is 2. The first kappa shape index (κ1) is 25.7. The van der Waals surface area contributed by atoms with E-state index in [-0.39, 0.29) is 17.6 Å². The zero-order valence-electron chi connectivity index (χ0n) is 21.6.